The fourth-order valence-electron chi connectivity index (χ4n) is 1.36. The van der Waals surface area contributed by atoms with Crippen LogP contribution in [0.1, 0.15) is 40.0 Å². The normalized spacial score (nSPS) is 25.8. The van der Waals surface area contributed by atoms with Gasteiger partial charge in [0, 0.05) is 6.42 Å². The fourth-order valence-corrected chi connectivity index (χ4v) is 1.36. The number of aldehydes is 1. The van der Waals surface area contributed by atoms with Crippen LogP contribution >= 0.6 is 0 Å². The van der Waals surface area contributed by atoms with E-state index in [2.05, 4.69) is 13.8 Å². The first-order chi connectivity index (χ1) is 5.56. The first kappa shape index (κ1) is 9.72. The summed E-state index contributed by atoms with van der Waals surface area (Å²) < 4.78 is 5.43. The number of hydrogen-bond donors (Lipinski definition) is 0. The highest BCUT2D eigenvalue weighted by molar-refractivity contribution is 5.52. The number of rotatable bonds is 5. The van der Waals surface area contributed by atoms with E-state index in [1.165, 1.54) is 5.92 Å². The van der Waals surface area contributed by atoms with Crippen LogP contribution in [0.15, 0.2) is 0 Å². The van der Waals surface area contributed by atoms with Gasteiger partial charge < -0.3 is 9.53 Å². The molecule has 2 heteroatoms. The molecule has 69 valence electrons. The molecule has 12 heavy (non-hydrogen) atoms. The SMILES string of the molecule is C[C](CC=O)CC[C@@H]1OC1(C)C. The van der Waals surface area contributed by atoms with E-state index in [4.69, 9.17) is 4.74 Å². The highest BCUT2D eigenvalue weighted by atomic mass is 16.6. The molecule has 0 aromatic carbocycles. The van der Waals surface area contributed by atoms with Crippen molar-refractivity contribution >= 4 is 6.29 Å². The van der Waals surface area contributed by atoms with Crippen LogP contribution in [0.5, 0.6) is 0 Å². The van der Waals surface area contributed by atoms with Crippen LogP contribution in [0, 0.1) is 5.92 Å². The molecule has 1 saturated heterocycles. The van der Waals surface area contributed by atoms with Gasteiger partial charge in [0.1, 0.15) is 6.29 Å². The second-order valence-corrected chi connectivity index (χ2v) is 4.08. The van der Waals surface area contributed by atoms with Gasteiger partial charge in [-0.25, -0.2) is 0 Å². The van der Waals surface area contributed by atoms with Crippen LogP contribution in [0.25, 0.3) is 0 Å². The Hall–Kier alpha value is -0.370. The molecule has 0 aromatic rings. The molecule has 0 aromatic heterocycles. The van der Waals surface area contributed by atoms with E-state index in [1.807, 2.05) is 6.92 Å². The van der Waals surface area contributed by atoms with Gasteiger partial charge in [-0.15, -0.1) is 0 Å². The first-order valence-electron chi connectivity index (χ1n) is 4.49. The zero-order valence-electron chi connectivity index (χ0n) is 8.09. The van der Waals surface area contributed by atoms with Gasteiger partial charge in [0.15, 0.2) is 0 Å². The Morgan fingerprint density at radius 2 is 2.17 bits per heavy atom. The summed E-state index contributed by atoms with van der Waals surface area (Å²) in [7, 11) is 0. The van der Waals surface area contributed by atoms with E-state index in [9.17, 15) is 4.79 Å². The smallest absolute Gasteiger partial charge is 0.120 e. The largest absolute Gasteiger partial charge is 0.367 e. The molecule has 1 aliphatic heterocycles. The van der Waals surface area contributed by atoms with Gasteiger partial charge in [0.05, 0.1) is 11.7 Å². The zero-order chi connectivity index (χ0) is 9.19. The molecule has 0 unspecified atom stereocenters. The predicted octanol–water partition coefficient (Wildman–Crippen LogP) is 2.13. The Labute approximate surface area is 74.3 Å². The molecule has 2 nitrogen and oxygen atoms in total. The molecule has 1 fully saturated rings. The third-order valence-corrected chi connectivity index (χ3v) is 2.43. The minimum absolute atomic E-state index is 0.0987. The van der Waals surface area contributed by atoms with Gasteiger partial charge in [0.2, 0.25) is 0 Å². The quantitative estimate of drug-likeness (QED) is 0.466. The van der Waals surface area contributed by atoms with E-state index < -0.39 is 0 Å². The van der Waals surface area contributed by atoms with Crippen molar-refractivity contribution in [3.63, 3.8) is 0 Å². The van der Waals surface area contributed by atoms with Crippen molar-refractivity contribution in [2.75, 3.05) is 0 Å². The molecule has 1 atom stereocenters. The Bertz CT molecular complexity index is 163. The highest BCUT2D eigenvalue weighted by Gasteiger charge is 2.46. The Morgan fingerprint density at radius 3 is 2.58 bits per heavy atom. The van der Waals surface area contributed by atoms with E-state index >= 15 is 0 Å². The molecule has 0 aliphatic carbocycles. The molecule has 1 heterocycles. The molecule has 0 amide bonds. The predicted molar refractivity (Wildman–Crippen MR) is 47.8 cm³/mol. The number of hydrogen-bond acceptors (Lipinski definition) is 2. The highest BCUT2D eigenvalue weighted by Crippen LogP contribution is 2.39. The lowest BCUT2D eigenvalue weighted by atomic mass is 9.98. The summed E-state index contributed by atoms with van der Waals surface area (Å²) in [5.74, 6) is 1.26. The van der Waals surface area contributed by atoms with Crippen molar-refractivity contribution in [3.8, 4) is 0 Å². The molecular weight excluding hydrogens is 152 g/mol. The van der Waals surface area contributed by atoms with E-state index in [0.717, 1.165) is 19.1 Å². The van der Waals surface area contributed by atoms with Gasteiger partial charge in [-0.3, -0.25) is 0 Å². The van der Waals surface area contributed by atoms with Crippen LogP contribution in [-0.4, -0.2) is 18.0 Å². The number of ether oxygens (including phenoxy) is 1. The Morgan fingerprint density at radius 1 is 1.58 bits per heavy atom. The molecule has 0 saturated carbocycles. The van der Waals surface area contributed by atoms with Gasteiger partial charge in [-0.2, -0.15) is 0 Å². The monoisotopic (exact) mass is 169 g/mol. The van der Waals surface area contributed by atoms with Crippen molar-refractivity contribution in [2.45, 2.75) is 51.7 Å². The molecule has 1 rings (SSSR count). The van der Waals surface area contributed by atoms with Crippen LogP contribution < -0.4 is 0 Å². The minimum Gasteiger partial charge on any atom is -0.367 e. The fraction of sp³-hybridized carbons (Fsp3) is 0.800. The topological polar surface area (TPSA) is 29.6 Å². The summed E-state index contributed by atoms with van der Waals surface area (Å²) in [6.45, 7) is 6.24. The summed E-state index contributed by atoms with van der Waals surface area (Å²) in [4.78, 5) is 10.2. The third-order valence-electron chi connectivity index (χ3n) is 2.43. The lowest BCUT2D eigenvalue weighted by molar-refractivity contribution is -0.107. The van der Waals surface area contributed by atoms with Gasteiger partial charge >= 0.3 is 0 Å². The average molecular weight is 169 g/mol. The van der Waals surface area contributed by atoms with E-state index in [-0.39, 0.29) is 5.60 Å². The number of carbonyl (C=O) groups is 1. The average Bonchev–Trinajstić information content (AvgIpc) is 2.56. The van der Waals surface area contributed by atoms with Gasteiger partial charge in [-0.05, 0) is 32.6 Å². The third kappa shape index (κ3) is 2.59. The Balaban J connectivity index is 2.07. The van der Waals surface area contributed by atoms with Crippen molar-refractivity contribution < 1.29 is 9.53 Å². The van der Waals surface area contributed by atoms with Crippen LogP contribution in [0.3, 0.4) is 0 Å². The van der Waals surface area contributed by atoms with Crippen molar-refractivity contribution in [3.05, 3.63) is 5.92 Å². The minimum atomic E-state index is 0.0987. The number of carbonyl (C=O) groups excluding carboxylic acids is 1. The van der Waals surface area contributed by atoms with Crippen molar-refractivity contribution in [1.29, 1.82) is 0 Å². The van der Waals surface area contributed by atoms with Gasteiger partial charge in [-0.1, -0.05) is 6.92 Å². The second-order valence-electron chi connectivity index (χ2n) is 4.08. The maximum Gasteiger partial charge on any atom is 0.120 e. The standard InChI is InChI=1S/C10H17O2/c1-8(6-7-11)4-5-9-10(2,3)12-9/h7,9H,4-6H2,1-3H3/t9-/m0/s1. The van der Waals surface area contributed by atoms with Gasteiger partial charge in [0.25, 0.3) is 0 Å². The van der Waals surface area contributed by atoms with Crippen LogP contribution in [0.4, 0.5) is 0 Å². The summed E-state index contributed by atoms with van der Waals surface area (Å²) in [5, 5.41) is 0. The maximum absolute atomic E-state index is 10.2. The van der Waals surface area contributed by atoms with Crippen LogP contribution in [0.2, 0.25) is 0 Å². The summed E-state index contributed by atoms with van der Waals surface area (Å²) in [6, 6.07) is 0. The van der Waals surface area contributed by atoms with Crippen LogP contribution in [-0.2, 0) is 9.53 Å². The summed E-state index contributed by atoms with van der Waals surface area (Å²) in [6.07, 6.45) is 4.07. The second kappa shape index (κ2) is 3.56. The van der Waals surface area contributed by atoms with E-state index in [0.29, 0.717) is 12.5 Å². The molecule has 1 radical (unpaired) electrons. The molecule has 0 bridgehead atoms. The lowest BCUT2D eigenvalue weighted by Gasteiger charge is -2.04. The Kier molecular flexibility index (Phi) is 2.89. The first-order valence-corrected chi connectivity index (χ1v) is 4.49. The van der Waals surface area contributed by atoms with Crippen molar-refractivity contribution in [1.82, 2.24) is 0 Å². The zero-order valence-corrected chi connectivity index (χ0v) is 8.09. The van der Waals surface area contributed by atoms with E-state index in [1.54, 1.807) is 0 Å². The number of epoxide rings is 1. The molecular formula is C10H17O2. The summed E-state index contributed by atoms with van der Waals surface area (Å²) in [5.41, 5.74) is 0.0987. The summed E-state index contributed by atoms with van der Waals surface area (Å²) >= 11 is 0. The lowest BCUT2D eigenvalue weighted by Crippen LogP contribution is -2.04. The van der Waals surface area contributed by atoms with Crippen molar-refractivity contribution in [2.24, 2.45) is 0 Å². The maximum atomic E-state index is 10.2. The molecule has 0 spiro atoms. The molecule has 1 aliphatic rings. The molecule has 0 N–H and O–H groups in total.